The zero-order chi connectivity index (χ0) is 22.2. The number of hydrogen-bond donors (Lipinski definition) is 0. The van der Waals surface area contributed by atoms with Crippen LogP contribution in [0.5, 0.6) is 5.75 Å². The van der Waals surface area contributed by atoms with Crippen molar-refractivity contribution < 1.29 is 17.9 Å². The SMILES string of the molecule is CCOc1ccc(S(=O)(=O)N2CCCC(C(=O)N3c4ccccc4CC3C)C2)cc1C. The van der Waals surface area contributed by atoms with Gasteiger partial charge in [-0.1, -0.05) is 18.2 Å². The van der Waals surface area contributed by atoms with Crippen LogP contribution in [0.15, 0.2) is 47.4 Å². The zero-order valence-corrected chi connectivity index (χ0v) is 19.2. The third-order valence-electron chi connectivity index (χ3n) is 6.26. The Balaban J connectivity index is 1.54. The number of aryl methyl sites for hydroxylation is 1. The van der Waals surface area contributed by atoms with Gasteiger partial charge >= 0.3 is 0 Å². The first-order valence-corrected chi connectivity index (χ1v) is 12.4. The fourth-order valence-corrected chi connectivity index (χ4v) is 6.32. The predicted octanol–water partition coefficient (Wildman–Crippen LogP) is 3.77. The maximum Gasteiger partial charge on any atom is 0.243 e. The molecule has 4 rings (SSSR count). The Morgan fingerprint density at radius 3 is 2.71 bits per heavy atom. The molecule has 166 valence electrons. The van der Waals surface area contributed by atoms with Gasteiger partial charge in [0.2, 0.25) is 15.9 Å². The second-order valence-electron chi connectivity index (χ2n) is 8.45. The van der Waals surface area contributed by atoms with E-state index in [-0.39, 0.29) is 29.3 Å². The van der Waals surface area contributed by atoms with Crippen LogP contribution in [-0.2, 0) is 21.2 Å². The summed E-state index contributed by atoms with van der Waals surface area (Å²) in [5.41, 5.74) is 2.92. The lowest BCUT2D eigenvalue weighted by Gasteiger charge is -2.34. The van der Waals surface area contributed by atoms with Crippen LogP contribution in [0, 0.1) is 12.8 Å². The number of rotatable bonds is 5. The van der Waals surface area contributed by atoms with Crippen molar-refractivity contribution in [3.63, 3.8) is 0 Å². The molecule has 0 saturated carbocycles. The van der Waals surface area contributed by atoms with Crippen LogP contribution in [0.25, 0.3) is 0 Å². The van der Waals surface area contributed by atoms with Crippen LogP contribution < -0.4 is 9.64 Å². The van der Waals surface area contributed by atoms with E-state index >= 15 is 0 Å². The van der Waals surface area contributed by atoms with Crippen LogP contribution in [0.3, 0.4) is 0 Å². The van der Waals surface area contributed by atoms with Crippen molar-refractivity contribution in [2.45, 2.75) is 51.0 Å². The minimum Gasteiger partial charge on any atom is -0.494 e. The molecule has 0 N–H and O–H groups in total. The van der Waals surface area contributed by atoms with Gasteiger partial charge in [0.15, 0.2) is 0 Å². The molecule has 0 aliphatic carbocycles. The second kappa shape index (κ2) is 8.63. The number of benzene rings is 2. The molecule has 1 saturated heterocycles. The summed E-state index contributed by atoms with van der Waals surface area (Å²) in [6.07, 6.45) is 2.22. The minimum absolute atomic E-state index is 0.0280. The summed E-state index contributed by atoms with van der Waals surface area (Å²) >= 11 is 0. The van der Waals surface area contributed by atoms with E-state index in [9.17, 15) is 13.2 Å². The van der Waals surface area contributed by atoms with Gasteiger partial charge in [0.05, 0.1) is 17.4 Å². The van der Waals surface area contributed by atoms with Crippen LogP contribution in [0.4, 0.5) is 5.69 Å². The molecule has 2 aromatic carbocycles. The van der Waals surface area contributed by atoms with E-state index in [4.69, 9.17) is 4.74 Å². The number of fused-ring (bicyclic) bond motifs is 1. The first-order chi connectivity index (χ1) is 14.8. The molecule has 2 heterocycles. The van der Waals surface area contributed by atoms with Crippen molar-refractivity contribution in [1.82, 2.24) is 4.31 Å². The van der Waals surface area contributed by atoms with Crippen molar-refractivity contribution >= 4 is 21.6 Å². The summed E-state index contributed by atoms with van der Waals surface area (Å²) in [4.78, 5) is 15.6. The molecule has 2 aliphatic rings. The smallest absolute Gasteiger partial charge is 0.243 e. The average Bonchev–Trinajstić information content (AvgIpc) is 3.10. The Kier molecular flexibility index (Phi) is 6.08. The maximum absolute atomic E-state index is 13.4. The molecule has 1 fully saturated rings. The Bertz CT molecular complexity index is 1080. The number of nitrogens with zero attached hydrogens (tertiary/aromatic N) is 2. The first kappa shape index (κ1) is 21.8. The van der Waals surface area contributed by atoms with E-state index < -0.39 is 10.0 Å². The first-order valence-electron chi connectivity index (χ1n) is 11.0. The number of sulfonamides is 1. The van der Waals surface area contributed by atoms with Gasteiger partial charge in [0.1, 0.15) is 5.75 Å². The zero-order valence-electron chi connectivity index (χ0n) is 18.4. The highest BCUT2D eigenvalue weighted by molar-refractivity contribution is 7.89. The van der Waals surface area contributed by atoms with Crippen molar-refractivity contribution in [2.24, 2.45) is 5.92 Å². The van der Waals surface area contributed by atoms with Gasteiger partial charge in [0.25, 0.3) is 0 Å². The van der Waals surface area contributed by atoms with Gasteiger partial charge in [-0.25, -0.2) is 8.42 Å². The number of hydrogen-bond acceptors (Lipinski definition) is 4. The summed E-state index contributed by atoms with van der Waals surface area (Å²) in [5.74, 6) is 0.385. The van der Waals surface area contributed by atoms with Gasteiger partial charge in [-0.05, 0) is 75.4 Å². The summed E-state index contributed by atoms with van der Waals surface area (Å²) in [6.45, 7) is 6.98. The normalized spacial score (nSPS) is 21.7. The largest absolute Gasteiger partial charge is 0.494 e. The Hall–Kier alpha value is -2.38. The molecule has 2 unspecified atom stereocenters. The van der Waals surface area contributed by atoms with Gasteiger partial charge in [-0.15, -0.1) is 0 Å². The molecule has 0 bridgehead atoms. The van der Waals surface area contributed by atoms with E-state index in [0.717, 1.165) is 17.7 Å². The number of ether oxygens (including phenoxy) is 1. The Morgan fingerprint density at radius 1 is 1.19 bits per heavy atom. The monoisotopic (exact) mass is 442 g/mol. The highest BCUT2D eigenvalue weighted by Gasteiger charge is 2.39. The highest BCUT2D eigenvalue weighted by Crippen LogP contribution is 2.35. The van der Waals surface area contributed by atoms with E-state index in [1.807, 2.05) is 36.9 Å². The van der Waals surface area contributed by atoms with E-state index in [1.54, 1.807) is 18.2 Å². The van der Waals surface area contributed by atoms with Crippen molar-refractivity contribution in [3.8, 4) is 5.75 Å². The lowest BCUT2D eigenvalue weighted by atomic mass is 9.97. The quantitative estimate of drug-likeness (QED) is 0.707. The molecular formula is C24H30N2O4S. The van der Waals surface area contributed by atoms with E-state index in [2.05, 4.69) is 13.0 Å². The van der Waals surface area contributed by atoms with Crippen molar-refractivity contribution in [1.29, 1.82) is 0 Å². The summed E-state index contributed by atoms with van der Waals surface area (Å²) < 4.78 is 33.7. The fraction of sp³-hybridized carbons (Fsp3) is 0.458. The van der Waals surface area contributed by atoms with Crippen molar-refractivity contribution in [2.75, 3.05) is 24.6 Å². The summed E-state index contributed by atoms with van der Waals surface area (Å²) in [5, 5.41) is 0. The molecule has 2 aliphatic heterocycles. The number of carbonyl (C=O) groups excluding carboxylic acids is 1. The number of anilines is 1. The lowest BCUT2D eigenvalue weighted by Crippen LogP contribution is -2.48. The molecule has 0 aromatic heterocycles. The number of amides is 1. The Labute approximate surface area is 184 Å². The lowest BCUT2D eigenvalue weighted by molar-refractivity contribution is -0.123. The van der Waals surface area contributed by atoms with Crippen LogP contribution >= 0.6 is 0 Å². The van der Waals surface area contributed by atoms with Gasteiger partial charge in [-0.2, -0.15) is 4.31 Å². The molecule has 0 spiro atoms. The molecule has 6 nitrogen and oxygen atoms in total. The van der Waals surface area contributed by atoms with Gasteiger partial charge < -0.3 is 9.64 Å². The molecule has 7 heteroatoms. The third-order valence-corrected chi connectivity index (χ3v) is 8.12. The fourth-order valence-electron chi connectivity index (χ4n) is 4.71. The summed E-state index contributed by atoms with van der Waals surface area (Å²) in [7, 11) is -3.67. The molecule has 2 atom stereocenters. The average molecular weight is 443 g/mol. The standard InChI is InChI=1S/C24H30N2O4S/c1-4-30-23-12-11-21(14-17(23)2)31(28,29)25-13-7-9-20(16-25)24(27)26-18(3)15-19-8-5-6-10-22(19)26/h5-6,8,10-12,14,18,20H,4,7,9,13,15-16H2,1-3H3. The van der Waals surface area contributed by atoms with E-state index in [1.165, 1.54) is 9.87 Å². The van der Waals surface area contributed by atoms with Crippen LogP contribution in [-0.4, -0.2) is 44.4 Å². The van der Waals surface area contributed by atoms with Gasteiger partial charge in [-0.3, -0.25) is 4.79 Å². The minimum atomic E-state index is -3.67. The molecule has 0 radical (unpaired) electrons. The molecule has 31 heavy (non-hydrogen) atoms. The Morgan fingerprint density at radius 2 is 1.97 bits per heavy atom. The molecular weight excluding hydrogens is 412 g/mol. The molecule has 1 amide bonds. The number of piperidine rings is 1. The number of para-hydroxylation sites is 1. The van der Waals surface area contributed by atoms with Crippen LogP contribution in [0.2, 0.25) is 0 Å². The van der Waals surface area contributed by atoms with E-state index in [0.29, 0.717) is 31.7 Å². The third kappa shape index (κ3) is 4.08. The van der Waals surface area contributed by atoms with Crippen LogP contribution in [0.1, 0.15) is 37.8 Å². The maximum atomic E-state index is 13.4. The predicted molar refractivity (Wildman–Crippen MR) is 121 cm³/mol. The molecule has 2 aromatic rings. The second-order valence-corrected chi connectivity index (χ2v) is 10.4. The topological polar surface area (TPSA) is 66.9 Å². The highest BCUT2D eigenvalue weighted by atomic mass is 32.2. The van der Waals surface area contributed by atoms with Crippen molar-refractivity contribution in [3.05, 3.63) is 53.6 Å². The summed E-state index contributed by atoms with van der Waals surface area (Å²) in [6, 6.07) is 13.0. The number of carbonyl (C=O) groups is 1. The van der Waals surface area contributed by atoms with Gasteiger partial charge in [0, 0.05) is 24.8 Å².